The molecule has 1 aliphatic heterocycles. The van der Waals surface area contributed by atoms with Gasteiger partial charge in [-0.15, -0.1) is 0 Å². The minimum absolute atomic E-state index is 0.100. The number of rotatable bonds is 6. The van der Waals surface area contributed by atoms with Crippen molar-refractivity contribution in [3.05, 3.63) is 29.8 Å². The van der Waals surface area contributed by atoms with Crippen LogP contribution in [-0.2, 0) is 14.8 Å². The number of carbonyl (C=O) groups excluding carboxylic acids is 1. The highest BCUT2D eigenvalue weighted by Crippen LogP contribution is 2.25. The number of hydrogen-bond acceptors (Lipinski definition) is 4. The van der Waals surface area contributed by atoms with Crippen molar-refractivity contribution in [1.29, 1.82) is 0 Å². The molecule has 1 amide bonds. The maximum atomic E-state index is 12.7. The molecule has 1 saturated heterocycles. The van der Waals surface area contributed by atoms with Gasteiger partial charge in [0, 0.05) is 18.2 Å². The number of benzene rings is 1. The van der Waals surface area contributed by atoms with E-state index in [0.29, 0.717) is 25.1 Å². The van der Waals surface area contributed by atoms with Gasteiger partial charge in [0.15, 0.2) is 0 Å². The predicted molar refractivity (Wildman–Crippen MR) is 90.6 cm³/mol. The van der Waals surface area contributed by atoms with Gasteiger partial charge in [0.1, 0.15) is 6.54 Å². The SMILES string of the molecule is CCC(C)N(CC(=O)O)C(=O)c1cccc(N2CCCS2(=O)=O)c1. The maximum absolute atomic E-state index is 12.7. The van der Waals surface area contributed by atoms with Gasteiger partial charge in [-0.3, -0.25) is 13.9 Å². The van der Waals surface area contributed by atoms with Gasteiger partial charge in [0.2, 0.25) is 10.0 Å². The Morgan fingerprint density at radius 2 is 2.08 bits per heavy atom. The van der Waals surface area contributed by atoms with Gasteiger partial charge in [-0.2, -0.15) is 0 Å². The Balaban J connectivity index is 2.32. The van der Waals surface area contributed by atoms with Crippen LogP contribution in [-0.4, -0.2) is 55.2 Å². The van der Waals surface area contributed by atoms with E-state index < -0.39 is 21.9 Å². The summed E-state index contributed by atoms with van der Waals surface area (Å²) < 4.78 is 25.4. The van der Waals surface area contributed by atoms with Crippen molar-refractivity contribution < 1.29 is 23.1 Å². The number of hydrogen-bond donors (Lipinski definition) is 1. The third kappa shape index (κ3) is 3.87. The summed E-state index contributed by atoms with van der Waals surface area (Å²) >= 11 is 0. The molecule has 0 spiro atoms. The van der Waals surface area contributed by atoms with E-state index in [1.807, 2.05) is 6.92 Å². The fourth-order valence-electron chi connectivity index (χ4n) is 2.68. The van der Waals surface area contributed by atoms with Gasteiger partial charge in [-0.05, 0) is 38.0 Å². The van der Waals surface area contributed by atoms with E-state index in [4.69, 9.17) is 5.11 Å². The molecule has 1 atom stereocenters. The van der Waals surface area contributed by atoms with Gasteiger partial charge >= 0.3 is 5.97 Å². The number of carboxylic acids is 1. The Bertz CT molecular complexity index is 732. The normalized spacial score (nSPS) is 17.5. The van der Waals surface area contributed by atoms with E-state index >= 15 is 0 Å². The van der Waals surface area contributed by atoms with Crippen molar-refractivity contribution >= 4 is 27.6 Å². The monoisotopic (exact) mass is 354 g/mol. The van der Waals surface area contributed by atoms with Crippen LogP contribution in [0, 0.1) is 0 Å². The van der Waals surface area contributed by atoms with Gasteiger partial charge in [0.05, 0.1) is 11.4 Å². The number of aliphatic carboxylic acids is 1. The number of anilines is 1. The zero-order chi connectivity index (χ0) is 17.9. The summed E-state index contributed by atoms with van der Waals surface area (Å²) in [5.74, 6) is -1.39. The average Bonchev–Trinajstić information content (AvgIpc) is 2.90. The Morgan fingerprint density at radius 3 is 2.62 bits per heavy atom. The topological polar surface area (TPSA) is 95.0 Å². The van der Waals surface area contributed by atoms with Crippen molar-refractivity contribution in [1.82, 2.24) is 4.90 Å². The van der Waals surface area contributed by atoms with Crippen LogP contribution >= 0.6 is 0 Å². The van der Waals surface area contributed by atoms with Crippen molar-refractivity contribution in [3.8, 4) is 0 Å². The Hall–Kier alpha value is -2.09. The fraction of sp³-hybridized carbons (Fsp3) is 0.500. The molecule has 1 aliphatic rings. The van der Waals surface area contributed by atoms with Crippen LogP contribution in [0.4, 0.5) is 5.69 Å². The molecule has 2 rings (SSSR count). The molecule has 1 fully saturated rings. The molecule has 7 nitrogen and oxygen atoms in total. The summed E-state index contributed by atoms with van der Waals surface area (Å²) in [7, 11) is -3.33. The molecule has 1 N–H and O–H groups in total. The largest absolute Gasteiger partial charge is 0.480 e. The molecule has 0 aliphatic carbocycles. The van der Waals surface area contributed by atoms with Crippen LogP contribution in [0.2, 0.25) is 0 Å². The van der Waals surface area contributed by atoms with Gasteiger partial charge in [0.25, 0.3) is 5.91 Å². The second-order valence-corrected chi connectivity index (χ2v) is 7.89. The maximum Gasteiger partial charge on any atom is 0.323 e. The highest BCUT2D eigenvalue weighted by Gasteiger charge is 2.29. The van der Waals surface area contributed by atoms with Crippen molar-refractivity contribution in [2.75, 3.05) is 23.1 Å². The van der Waals surface area contributed by atoms with E-state index in [9.17, 15) is 18.0 Å². The summed E-state index contributed by atoms with van der Waals surface area (Å²) in [6, 6.07) is 6.12. The quantitative estimate of drug-likeness (QED) is 0.836. The predicted octanol–water partition coefficient (Wildman–Crippen LogP) is 1.55. The molecule has 1 unspecified atom stereocenters. The third-order valence-electron chi connectivity index (χ3n) is 4.17. The highest BCUT2D eigenvalue weighted by atomic mass is 32.2. The Kier molecular flexibility index (Phi) is 5.48. The van der Waals surface area contributed by atoms with Crippen LogP contribution in [0.1, 0.15) is 37.0 Å². The molecule has 0 saturated carbocycles. The Labute approximate surface area is 141 Å². The number of sulfonamides is 1. The lowest BCUT2D eigenvalue weighted by atomic mass is 10.1. The molecular formula is C16H22N2O5S. The standard InChI is InChI=1S/C16H22N2O5S/c1-3-12(2)17(11-15(19)20)16(21)13-6-4-7-14(10-13)18-8-5-9-24(18,22)23/h4,6-7,10,12H,3,5,8-9,11H2,1-2H3,(H,19,20). The van der Waals surface area contributed by atoms with E-state index in [1.54, 1.807) is 25.1 Å². The van der Waals surface area contributed by atoms with Crippen LogP contribution in [0.5, 0.6) is 0 Å². The van der Waals surface area contributed by atoms with Crippen LogP contribution < -0.4 is 4.31 Å². The molecule has 8 heteroatoms. The number of amides is 1. The zero-order valence-electron chi connectivity index (χ0n) is 13.8. The van der Waals surface area contributed by atoms with Crippen LogP contribution in [0.25, 0.3) is 0 Å². The van der Waals surface area contributed by atoms with Gasteiger partial charge in [-0.25, -0.2) is 8.42 Å². The average molecular weight is 354 g/mol. The third-order valence-corrected chi connectivity index (χ3v) is 6.04. The molecule has 24 heavy (non-hydrogen) atoms. The summed E-state index contributed by atoms with van der Waals surface area (Å²) in [5, 5.41) is 9.04. The van der Waals surface area contributed by atoms with Gasteiger partial charge < -0.3 is 10.0 Å². The van der Waals surface area contributed by atoms with Crippen molar-refractivity contribution in [2.45, 2.75) is 32.7 Å². The molecule has 132 valence electrons. The molecule has 1 aromatic carbocycles. The number of carbonyl (C=O) groups is 2. The second kappa shape index (κ2) is 7.21. The van der Waals surface area contributed by atoms with E-state index in [1.165, 1.54) is 15.3 Å². The summed E-state index contributed by atoms with van der Waals surface area (Å²) in [4.78, 5) is 25.0. The molecule has 1 heterocycles. The van der Waals surface area contributed by atoms with E-state index in [-0.39, 0.29) is 23.9 Å². The van der Waals surface area contributed by atoms with Crippen molar-refractivity contribution in [3.63, 3.8) is 0 Å². The lowest BCUT2D eigenvalue weighted by Crippen LogP contribution is -2.41. The summed E-state index contributed by atoms with van der Waals surface area (Å²) in [5.41, 5.74) is 0.730. The first kappa shape index (κ1) is 18.3. The first-order valence-electron chi connectivity index (χ1n) is 7.89. The zero-order valence-corrected chi connectivity index (χ0v) is 14.6. The second-order valence-electron chi connectivity index (χ2n) is 5.88. The first-order valence-corrected chi connectivity index (χ1v) is 9.50. The lowest BCUT2D eigenvalue weighted by molar-refractivity contribution is -0.138. The molecule has 1 aromatic rings. The summed E-state index contributed by atoms with van der Waals surface area (Å²) in [6.07, 6.45) is 1.18. The lowest BCUT2D eigenvalue weighted by Gasteiger charge is -2.27. The minimum Gasteiger partial charge on any atom is -0.480 e. The number of carboxylic acid groups (broad SMARTS) is 1. The molecule has 0 radical (unpaired) electrons. The van der Waals surface area contributed by atoms with Crippen LogP contribution in [0.15, 0.2) is 24.3 Å². The smallest absolute Gasteiger partial charge is 0.323 e. The summed E-state index contributed by atoms with van der Waals surface area (Å²) in [6.45, 7) is 3.67. The van der Waals surface area contributed by atoms with Crippen molar-refractivity contribution in [2.24, 2.45) is 0 Å². The molecule has 0 bridgehead atoms. The minimum atomic E-state index is -3.33. The fourth-order valence-corrected chi connectivity index (χ4v) is 4.24. The first-order chi connectivity index (χ1) is 11.3. The van der Waals surface area contributed by atoms with Crippen LogP contribution in [0.3, 0.4) is 0 Å². The highest BCUT2D eigenvalue weighted by molar-refractivity contribution is 7.93. The van der Waals surface area contributed by atoms with Gasteiger partial charge in [-0.1, -0.05) is 13.0 Å². The van der Waals surface area contributed by atoms with E-state index in [2.05, 4.69) is 0 Å². The van der Waals surface area contributed by atoms with E-state index in [0.717, 1.165) is 0 Å². The Morgan fingerprint density at radius 1 is 1.38 bits per heavy atom. The number of nitrogens with zero attached hydrogens (tertiary/aromatic N) is 2. The molecule has 0 aromatic heterocycles. The molecular weight excluding hydrogens is 332 g/mol.